The molecule has 14 nitrogen and oxygen atoms in total. The van der Waals surface area contributed by atoms with E-state index in [-0.39, 0.29) is 24.2 Å². The van der Waals surface area contributed by atoms with Crippen molar-refractivity contribution >= 4 is 29.8 Å². The van der Waals surface area contributed by atoms with Crippen LogP contribution in [-0.2, 0) is 35.2 Å². The molecule has 1 aromatic heterocycles. The summed E-state index contributed by atoms with van der Waals surface area (Å²) in [5.74, 6) is -1.37. The highest BCUT2D eigenvalue weighted by atomic mass is 16.6. The Kier molecular flexibility index (Phi) is 13.8. The predicted octanol–water partition coefficient (Wildman–Crippen LogP) is 4.42. The molecular formula is C36H53N5O9. The van der Waals surface area contributed by atoms with Gasteiger partial charge < -0.3 is 39.5 Å². The van der Waals surface area contributed by atoms with Crippen LogP contribution in [-0.4, -0.2) is 76.6 Å². The van der Waals surface area contributed by atoms with Crippen LogP contribution in [0.4, 0.5) is 4.79 Å². The van der Waals surface area contributed by atoms with Gasteiger partial charge in [-0.2, -0.15) is 0 Å². The van der Waals surface area contributed by atoms with E-state index in [9.17, 15) is 24.0 Å². The fourth-order valence-electron chi connectivity index (χ4n) is 5.38. The zero-order chi connectivity index (χ0) is 37.2. The quantitative estimate of drug-likeness (QED) is 0.254. The summed E-state index contributed by atoms with van der Waals surface area (Å²) in [4.78, 5) is 69.8. The fraction of sp³-hybridized carbons (Fsp3) is 0.611. The Labute approximate surface area is 294 Å². The molecule has 2 aromatic rings. The summed E-state index contributed by atoms with van der Waals surface area (Å²) in [5, 5.41) is 7.92. The van der Waals surface area contributed by atoms with Crippen LogP contribution in [0.1, 0.15) is 103 Å². The van der Waals surface area contributed by atoms with E-state index < -0.39 is 53.4 Å². The van der Waals surface area contributed by atoms with Crippen LogP contribution in [0.5, 0.6) is 5.75 Å². The number of carbonyl (C=O) groups is 5. The van der Waals surface area contributed by atoms with Crippen LogP contribution >= 0.6 is 0 Å². The number of likely N-dealkylation sites (tertiary alicyclic amines) is 1. The number of carbonyl (C=O) groups excluding carboxylic acids is 5. The van der Waals surface area contributed by atoms with Gasteiger partial charge >= 0.3 is 12.1 Å². The van der Waals surface area contributed by atoms with Gasteiger partial charge in [-0.25, -0.2) is 9.78 Å². The van der Waals surface area contributed by atoms with E-state index in [0.29, 0.717) is 31.4 Å². The Balaban J connectivity index is 1.63. The van der Waals surface area contributed by atoms with Gasteiger partial charge in [0.05, 0.1) is 13.0 Å². The number of aromatic nitrogens is 1. The molecule has 1 saturated heterocycles. The minimum Gasteiger partial charge on any atom is -0.494 e. The summed E-state index contributed by atoms with van der Waals surface area (Å²) in [7, 11) is 0. The van der Waals surface area contributed by atoms with Gasteiger partial charge in [-0.3, -0.25) is 19.2 Å². The maximum absolute atomic E-state index is 13.6. The van der Waals surface area contributed by atoms with Gasteiger partial charge in [-0.1, -0.05) is 6.07 Å². The molecule has 1 aromatic carbocycles. The van der Waals surface area contributed by atoms with E-state index in [2.05, 4.69) is 20.9 Å². The summed E-state index contributed by atoms with van der Waals surface area (Å²) < 4.78 is 22.3. The minimum atomic E-state index is -1.30. The maximum atomic E-state index is 13.6. The second-order valence-corrected chi connectivity index (χ2v) is 14.7. The molecule has 0 saturated carbocycles. The van der Waals surface area contributed by atoms with E-state index in [1.165, 1.54) is 13.2 Å². The van der Waals surface area contributed by atoms with Gasteiger partial charge in [-0.05, 0) is 96.9 Å². The van der Waals surface area contributed by atoms with Crippen molar-refractivity contribution in [1.29, 1.82) is 0 Å². The molecule has 0 spiro atoms. The van der Waals surface area contributed by atoms with E-state index in [4.69, 9.17) is 18.6 Å². The third kappa shape index (κ3) is 13.4. The van der Waals surface area contributed by atoms with Gasteiger partial charge in [0, 0.05) is 33.5 Å². The number of ether oxygens (including phenoxy) is 3. The Morgan fingerprint density at radius 1 is 1.00 bits per heavy atom. The van der Waals surface area contributed by atoms with Crippen LogP contribution in [0, 0.1) is 19.8 Å². The average Bonchev–Trinajstić information content (AvgIpc) is 3.43. The van der Waals surface area contributed by atoms with Gasteiger partial charge in [0.1, 0.15) is 35.0 Å². The van der Waals surface area contributed by atoms with Crippen molar-refractivity contribution in [3.63, 3.8) is 0 Å². The SMILES string of the molecule is CC(=O)N[C@@H](CC(=O)OC(C)(C)C)C(=O)NC(C(=O)NCc1cc(OCCC2CCCN(C(=O)OC(C)(C)C)C2)ccc1C)c1coc(C)n1. The first kappa shape index (κ1) is 39.8. The molecule has 1 aliphatic rings. The number of hydrogen-bond acceptors (Lipinski definition) is 10. The summed E-state index contributed by atoms with van der Waals surface area (Å²) in [6.07, 6.45) is 3.21. The average molecular weight is 700 g/mol. The van der Waals surface area contributed by atoms with Crippen molar-refractivity contribution < 1.29 is 42.6 Å². The normalized spacial score (nSPS) is 16.1. The molecule has 2 heterocycles. The van der Waals surface area contributed by atoms with E-state index >= 15 is 0 Å². The molecule has 3 rings (SSSR count). The number of benzene rings is 1. The van der Waals surface area contributed by atoms with Crippen molar-refractivity contribution in [2.45, 2.75) is 118 Å². The molecule has 4 amide bonds. The van der Waals surface area contributed by atoms with Crippen molar-refractivity contribution in [3.8, 4) is 5.75 Å². The summed E-state index contributed by atoms with van der Waals surface area (Å²) >= 11 is 0. The molecule has 1 fully saturated rings. The monoisotopic (exact) mass is 699 g/mol. The zero-order valence-corrected chi connectivity index (χ0v) is 30.8. The highest BCUT2D eigenvalue weighted by Crippen LogP contribution is 2.24. The lowest BCUT2D eigenvalue weighted by Gasteiger charge is -2.34. The van der Waals surface area contributed by atoms with Gasteiger partial charge in [0.15, 0.2) is 11.9 Å². The first-order valence-corrected chi connectivity index (χ1v) is 17.0. The van der Waals surface area contributed by atoms with Crippen molar-refractivity contribution in [1.82, 2.24) is 25.8 Å². The number of nitrogens with zero attached hydrogens (tertiary/aromatic N) is 2. The molecular weight excluding hydrogens is 646 g/mol. The Morgan fingerprint density at radius 2 is 1.70 bits per heavy atom. The number of aryl methyl sites for hydroxylation is 2. The number of oxazole rings is 1. The second-order valence-electron chi connectivity index (χ2n) is 14.7. The predicted molar refractivity (Wildman–Crippen MR) is 184 cm³/mol. The minimum absolute atomic E-state index is 0.117. The van der Waals surface area contributed by atoms with Gasteiger partial charge in [0.2, 0.25) is 17.7 Å². The zero-order valence-electron chi connectivity index (χ0n) is 30.8. The van der Waals surface area contributed by atoms with Crippen LogP contribution < -0.4 is 20.7 Å². The topological polar surface area (TPSA) is 178 Å². The molecule has 50 heavy (non-hydrogen) atoms. The van der Waals surface area contributed by atoms with Crippen molar-refractivity contribution in [2.75, 3.05) is 19.7 Å². The summed E-state index contributed by atoms with van der Waals surface area (Å²) in [5.41, 5.74) is 0.524. The number of amides is 4. The third-order valence-electron chi connectivity index (χ3n) is 7.71. The molecule has 0 aliphatic carbocycles. The van der Waals surface area contributed by atoms with Crippen LogP contribution in [0.3, 0.4) is 0 Å². The van der Waals surface area contributed by atoms with Gasteiger partial charge in [0.25, 0.3) is 0 Å². The van der Waals surface area contributed by atoms with Crippen LogP contribution in [0.25, 0.3) is 0 Å². The second kappa shape index (κ2) is 17.3. The van der Waals surface area contributed by atoms with E-state index in [1.807, 2.05) is 45.9 Å². The highest BCUT2D eigenvalue weighted by molar-refractivity contribution is 5.94. The molecule has 0 radical (unpaired) electrons. The molecule has 2 unspecified atom stereocenters. The molecule has 1 aliphatic heterocycles. The number of esters is 1. The lowest BCUT2D eigenvalue weighted by molar-refractivity contribution is -0.156. The van der Waals surface area contributed by atoms with Crippen molar-refractivity contribution in [2.24, 2.45) is 5.92 Å². The summed E-state index contributed by atoms with van der Waals surface area (Å²) in [6, 6.07) is 3.03. The smallest absolute Gasteiger partial charge is 0.410 e. The largest absolute Gasteiger partial charge is 0.494 e. The lowest BCUT2D eigenvalue weighted by atomic mass is 9.95. The molecule has 276 valence electrons. The standard InChI is InChI=1S/C36H53N5O9/c1-22-12-13-27(47-16-14-25-11-10-15-41(20-25)34(46)50-36(7,8)9)17-26(22)19-37-33(45)31(29-21-48-24(3)39-29)40-32(44)28(38-23(2)42)18-30(43)49-35(4,5)6/h12-13,17,21,25,28,31H,10-11,14-16,18-20H2,1-9H3,(H,37,45)(H,38,42)(H,40,44)/t25?,28-,31?/m0/s1. The van der Waals surface area contributed by atoms with E-state index in [1.54, 1.807) is 32.6 Å². The first-order valence-electron chi connectivity index (χ1n) is 17.0. The van der Waals surface area contributed by atoms with Crippen LogP contribution in [0.15, 0.2) is 28.9 Å². The van der Waals surface area contributed by atoms with Crippen molar-refractivity contribution in [3.05, 3.63) is 47.2 Å². The Hall–Kier alpha value is -4.62. The highest BCUT2D eigenvalue weighted by Gasteiger charge is 2.32. The molecule has 0 bridgehead atoms. The summed E-state index contributed by atoms with van der Waals surface area (Å²) in [6.45, 7) is 17.3. The maximum Gasteiger partial charge on any atom is 0.410 e. The fourth-order valence-corrected chi connectivity index (χ4v) is 5.38. The Bertz CT molecular complexity index is 1510. The molecule has 3 N–H and O–H groups in total. The van der Waals surface area contributed by atoms with E-state index in [0.717, 1.165) is 30.4 Å². The number of nitrogens with one attached hydrogen (secondary N) is 3. The Morgan fingerprint density at radius 3 is 2.32 bits per heavy atom. The number of rotatable bonds is 13. The van der Waals surface area contributed by atoms with Crippen LogP contribution in [0.2, 0.25) is 0 Å². The lowest BCUT2D eigenvalue weighted by Crippen LogP contribution is -2.51. The number of piperidine rings is 1. The molecule has 3 atom stereocenters. The molecule has 14 heteroatoms. The first-order chi connectivity index (χ1) is 23.3. The van der Waals surface area contributed by atoms with Gasteiger partial charge in [-0.15, -0.1) is 0 Å². The third-order valence-corrected chi connectivity index (χ3v) is 7.71. The number of hydrogen-bond donors (Lipinski definition) is 3.